The van der Waals surface area contributed by atoms with Crippen LogP contribution in [0.25, 0.3) is 11.0 Å². The van der Waals surface area contributed by atoms with Crippen LogP contribution in [-0.2, 0) is 5.60 Å². The molecule has 1 aliphatic rings. The minimum absolute atomic E-state index is 0.216. The van der Waals surface area contributed by atoms with Gasteiger partial charge in [0.15, 0.2) is 0 Å². The summed E-state index contributed by atoms with van der Waals surface area (Å²) >= 11 is 5.88. The second-order valence-electron chi connectivity index (χ2n) is 6.78. The average Bonchev–Trinajstić information content (AvgIpc) is 3.10. The summed E-state index contributed by atoms with van der Waals surface area (Å²) in [5, 5.41) is 12.2. The fourth-order valence-electron chi connectivity index (χ4n) is 3.68. The van der Waals surface area contributed by atoms with E-state index in [9.17, 15) is 14.3 Å². The van der Waals surface area contributed by atoms with Crippen LogP contribution >= 0.6 is 11.6 Å². The van der Waals surface area contributed by atoms with Gasteiger partial charge in [-0.3, -0.25) is 4.79 Å². The van der Waals surface area contributed by atoms with Crippen LogP contribution in [-0.4, -0.2) is 39.0 Å². The number of aromatic amines is 1. The minimum Gasteiger partial charge on any atom is -0.398 e. The van der Waals surface area contributed by atoms with Crippen LogP contribution in [0.2, 0.25) is 5.02 Å². The number of carbonyl (C=O) groups is 1. The standard InChI is InChI=1S/C19H18ClFN4O2/c20-11-1-2-12(15(22)9-11)18(26)25-7-4-19(27,5-8-25)16-13-3-6-23-17(13)24-10-14(16)21/h1-3,6,9-10,27H,4-5,7-8,22H2,(H,23,24). The highest BCUT2D eigenvalue weighted by atomic mass is 35.5. The molecule has 4 rings (SSSR count). The molecule has 0 aliphatic carbocycles. The van der Waals surface area contributed by atoms with Gasteiger partial charge in [0.25, 0.3) is 5.91 Å². The first-order valence-corrected chi connectivity index (χ1v) is 8.95. The van der Waals surface area contributed by atoms with Gasteiger partial charge < -0.3 is 20.7 Å². The molecule has 0 radical (unpaired) electrons. The van der Waals surface area contributed by atoms with Crippen molar-refractivity contribution in [3.63, 3.8) is 0 Å². The van der Waals surface area contributed by atoms with Gasteiger partial charge in [-0.15, -0.1) is 0 Å². The average molecular weight is 389 g/mol. The molecule has 0 atom stereocenters. The van der Waals surface area contributed by atoms with Crippen molar-refractivity contribution < 1.29 is 14.3 Å². The zero-order valence-electron chi connectivity index (χ0n) is 14.4. The van der Waals surface area contributed by atoms with Gasteiger partial charge in [-0.25, -0.2) is 9.37 Å². The third kappa shape index (κ3) is 3.02. The molecule has 0 saturated carbocycles. The van der Waals surface area contributed by atoms with E-state index in [1.165, 1.54) is 6.07 Å². The summed E-state index contributed by atoms with van der Waals surface area (Å²) in [4.78, 5) is 21.3. The summed E-state index contributed by atoms with van der Waals surface area (Å²) in [6.45, 7) is 0.566. The van der Waals surface area contributed by atoms with E-state index in [0.29, 0.717) is 27.3 Å². The molecule has 1 aromatic carbocycles. The lowest BCUT2D eigenvalue weighted by Gasteiger charge is -2.39. The Bertz CT molecular complexity index is 1030. The lowest BCUT2D eigenvalue weighted by molar-refractivity contribution is -0.0224. The Morgan fingerprint density at radius 2 is 2.07 bits per heavy atom. The number of hydrogen-bond acceptors (Lipinski definition) is 4. The number of fused-ring (bicyclic) bond motifs is 1. The quantitative estimate of drug-likeness (QED) is 0.588. The molecule has 3 heterocycles. The van der Waals surface area contributed by atoms with Crippen molar-refractivity contribution in [3.05, 3.63) is 58.6 Å². The number of nitrogens with two attached hydrogens (primary N) is 1. The van der Waals surface area contributed by atoms with Gasteiger partial charge in [-0.05, 0) is 37.1 Å². The Kier molecular flexibility index (Phi) is 4.28. The Morgan fingerprint density at radius 3 is 2.78 bits per heavy atom. The number of nitrogens with zero attached hydrogens (tertiary/aromatic N) is 2. The highest BCUT2D eigenvalue weighted by Gasteiger charge is 2.39. The summed E-state index contributed by atoms with van der Waals surface area (Å²) in [5.41, 5.74) is 5.96. The van der Waals surface area contributed by atoms with Gasteiger partial charge in [0.05, 0.1) is 17.4 Å². The van der Waals surface area contributed by atoms with Crippen LogP contribution in [0.4, 0.5) is 10.1 Å². The van der Waals surface area contributed by atoms with E-state index >= 15 is 0 Å². The first kappa shape index (κ1) is 17.8. The third-order valence-electron chi connectivity index (χ3n) is 5.13. The molecule has 1 saturated heterocycles. The van der Waals surface area contributed by atoms with Crippen LogP contribution in [0, 0.1) is 5.82 Å². The number of pyridine rings is 1. The Balaban J connectivity index is 1.58. The summed E-state index contributed by atoms with van der Waals surface area (Å²) < 4.78 is 14.5. The number of nitrogen functional groups attached to an aromatic ring is 1. The van der Waals surface area contributed by atoms with Crippen LogP contribution in [0.3, 0.4) is 0 Å². The maximum Gasteiger partial charge on any atom is 0.255 e. The zero-order chi connectivity index (χ0) is 19.2. The number of piperidine rings is 1. The molecule has 0 spiro atoms. The second kappa shape index (κ2) is 6.51. The van der Waals surface area contributed by atoms with Crippen molar-refractivity contribution in [1.29, 1.82) is 0 Å². The number of rotatable bonds is 2. The van der Waals surface area contributed by atoms with E-state index in [-0.39, 0.29) is 37.4 Å². The number of likely N-dealkylation sites (tertiary alicyclic amines) is 1. The van der Waals surface area contributed by atoms with Gasteiger partial charge >= 0.3 is 0 Å². The number of halogens is 2. The zero-order valence-corrected chi connectivity index (χ0v) is 15.1. The SMILES string of the molecule is Nc1cc(Cl)ccc1C(=O)N1CCC(O)(c2c(F)cnc3[nH]ccc23)CC1. The largest absolute Gasteiger partial charge is 0.398 e. The number of aromatic nitrogens is 2. The Morgan fingerprint density at radius 1 is 1.33 bits per heavy atom. The maximum atomic E-state index is 14.5. The van der Waals surface area contributed by atoms with Crippen molar-refractivity contribution in [2.24, 2.45) is 0 Å². The summed E-state index contributed by atoms with van der Waals surface area (Å²) in [6.07, 6.45) is 3.20. The van der Waals surface area contributed by atoms with Crippen molar-refractivity contribution in [1.82, 2.24) is 14.9 Å². The van der Waals surface area contributed by atoms with E-state index in [2.05, 4.69) is 9.97 Å². The Hall–Kier alpha value is -2.64. The minimum atomic E-state index is -1.37. The van der Waals surface area contributed by atoms with E-state index < -0.39 is 11.4 Å². The molecule has 1 aliphatic heterocycles. The van der Waals surface area contributed by atoms with Gasteiger partial charge in [0.2, 0.25) is 0 Å². The van der Waals surface area contributed by atoms with Gasteiger partial charge in [0.1, 0.15) is 11.5 Å². The second-order valence-corrected chi connectivity index (χ2v) is 7.21. The number of benzene rings is 1. The summed E-state index contributed by atoms with van der Waals surface area (Å²) in [7, 11) is 0. The first-order valence-electron chi connectivity index (χ1n) is 8.58. The number of amides is 1. The molecule has 6 nitrogen and oxygen atoms in total. The van der Waals surface area contributed by atoms with Crippen molar-refractivity contribution in [2.75, 3.05) is 18.8 Å². The van der Waals surface area contributed by atoms with Gasteiger partial charge in [0, 0.05) is 40.9 Å². The number of nitrogens with one attached hydrogen (secondary N) is 1. The number of anilines is 1. The molecular weight excluding hydrogens is 371 g/mol. The van der Waals surface area contributed by atoms with Crippen molar-refractivity contribution >= 4 is 34.2 Å². The smallest absolute Gasteiger partial charge is 0.255 e. The molecule has 8 heteroatoms. The summed E-state index contributed by atoms with van der Waals surface area (Å²) in [6, 6.07) is 6.43. The normalized spacial score (nSPS) is 16.6. The van der Waals surface area contributed by atoms with Crippen molar-refractivity contribution in [2.45, 2.75) is 18.4 Å². The number of carbonyl (C=O) groups excluding carboxylic acids is 1. The third-order valence-corrected chi connectivity index (χ3v) is 5.36. The van der Waals surface area contributed by atoms with E-state index in [0.717, 1.165) is 6.20 Å². The highest BCUT2D eigenvalue weighted by molar-refractivity contribution is 6.31. The monoisotopic (exact) mass is 388 g/mol. The Labute approximate surface area is 159 Å². The van der Waals surface area contributed by atoms with Crippen molar-refractivity contribution in [3.8, 4) is 0 Å². The molecule has 2 aromatic heterocycles. The van der Waals surface area contributed by atoms with Crippen LogP contribution < -0.4 is 5.73 Å². The molecule has 0 bridgehead atoms. The predicted molar refractivity (Wildman–Crippen MR) is 101 cm³/mol. The number of H-pyrrole nitrogens is 1. The lowest BCUT2D eigenvalue weighted by atomic mass is 9.83. The molecule has 4 N–H and O–H groups in total. The molecule has 3 aromatic rings. The maximum absolute atomic E-state index is 14.5. The lowest BCUT2D eigenvalue weighted by Crippen LogP contribution is -2.45. The predicted octanol–water partition coefficient (Wildman–Crippen LogP) is 3.06. The molecular formula is C19H18ClFN4O2. The van der Waals surface area contributed by atoms with E-state index in [4.69, 9.17) is 17.3 Å². The number of hydrogen-bond donors (Lipinski definition) is 3. The fourth-order valence-corrected chi connectivity index (χ4v) is 3.87. The molecule has 1 fully saturated rings. The molecule has 140 valence electrons. The number of aliphatic hydroxyl groups is 1. The van der Waals surface area contributed by atoms with E-state index in [1.54, 1.807) is 29.3 Å². The highest BCUT2D eigenvalue weighted by Crippen LogP contribution is 2.38. The van der Waals surface area contributed by atoms with Gasteiger partial charge in [-0.1, -0.05) is 11.6 Å². The van der Waals surface area contributed by atoms with Crippen LogP contribution in [0.5, 0.6) is 0 Å². The first-order chi connectivity index (χ1) is 12.9. The van der Waals surface area contributed by atoms with Crippen LogP contribution in [0.1, 0.15) is 28.8 Å². The topological polar surface area (TPSA) is 95.2 Å². The van der Waals surface area contributed by atoms with Crippen LogP contribution in [0.15, 0.2) is 36.7 Å². The fraction of sp³-hybridized carbons (Fsp3) is 0.263. The molecule has 1 amide bonds. The van der Waals surface area contributed by atoms with E-state index in [1.807, 2.05) is 0 Å². The van der Waals surface area contributed by atoms with Gasteiger partial charge in [-0.2, -0.15) is 0 Å². The summed E-state index contributed by atoms with van der Waals surface area (Å²) in [5.74, 6) is -0.778. The molecule has 27 heavy (non-hydrogen) atoms. The molecule has 0 unspecified atom stereocenters.